The first-order valence-electron chi connectivity index (χ1n) is 7.81. The van der Waals surface area contributed by atoms with E-state index in [4.69, 9.17) is 4.74 Å². The summed E-state index contributed by atoms with van der Waals surface area (Å²) in [6, 6.07) is 4.69. The van der Waals surface area contributed by atoms with E-state index in [-0.39, 0.29) is 29.8 Å². The van der Waals surface area contributed by atoms with Crippen LogP contribution < -0.4 is 14.2 Å². The number of aryl methyl sites for hydroxylation is 1. The second-order valence-corrected chi connectivity index (χ2v) is 9.51. The predicted molar refractivity (Wildman–Crippen MR) is 94.2 cm³/mol. The molecule has 2 N–H and O–H groups in total. The zero-order chi connectivity index (χ0) is 18.4. The molecular weight excluding hydrogens is 352 g/mol. The maximum Gasteiger partial charge on any atom is 0.240 e. The van der Waals surface area contributed by atoms with Crippen LogP contribution in [0.5, 0.6) is 5.75 Å². The maximum atomic E-state index is 12.2. The van der Waals surface area contributed by atoms with Gasteiger partial charge in [0.05, 0.1) is 16.8 Å². The van der Waals surface area contributed by atoms with Crippen molar-refractivity contribution in [1.29, 1.82) is 0 Å². The van der Waals surface area contributed by atoms with Gasteiger partial charge in [0.2, 0.25) is 20.0 Å². The predicted octanol–water partition coefficient (Wildman–Crippen LogP) is 1.39. The van der Waals surface area contributed by atoms with E-state index in [1.807, 2.05) is 13.8 Å². The zero-order valence-corrected chi connectivity index (χ0v) is 16.1. The Labute approximate surface area is 144 Å². The molecule has 0 spiro atoms. The number of nitrogens with one attached hydrogen (secondary N) is 2. The van der Waals surface area contributed by atoms with E-state index in [1.54, 1.807) is 26.0 Å². The van der Waals surface area contributed by atoms with E-state index in [2.05, 4.69) is 9.44 Å². The highest BCUT2D eigenvalue weighted by atomic mass is 32.2. The molecule has 0 atom stereocenters. The van der Waals surface area contributed by atoms with Crippen molar-refractivity contribution in [3.8, 4) is 5.75 Å². The van der Waals surface area contributed by atoms with E-state index < -0.39 is 20.0 Å². The van der Waals surface area contributed by atoms with Gasteiger partial charge in [0, 0.05) is 13.1 Å². The fourth-order valence-electron chi connectivity index (χ4n) is 1.88. The molecule has 0 bridgehead atoms. The summed E-state index contributed by atoms with van der Waals surface area (Å²) in [5, 5.41) is 0. The molecule has 0 aliphatic carbocycles. The Morgan fingerprint density at radius 2 is 1.71 bits per heavy atom. The number of benzene rings is 1. The van der Waals surface area contributed by atoms with Crippen molar-refractivity contribution in [3.63, 3.8) is 0 Å². The van der Waals surface area contributed by atoms with E-state index in [0.29, 0.717) is 12.2 Å². The minimum Gasteiger partial charge on any atom is -0.491 e. The Kier molecular flexibility index (Phi) is 7.65. The molecule has 24 heavy (non-hydrogen) atoms. The van der Waals surface area contributed by atoms with Gasteiger partial charge in [-0.3, -0.25) is 0 Å². The van der Waals surface area contributed by atoms with Gasteiger partial charge in [-0.25, -0.2) is 26.3 Å². The summed E-state index contributed by atoms with van der Waals surface area (Å²) in [6.07, 6.45) is 0.377. The summed E-state index contributed by atoms with van der Waals surface area (Å²) in [4.78, 5) is 0.158. The van der Waals surface area contributed by atoms with Gasteiger partial charge >= 0.3 is 0 Å². The van der Waals surface area contributed by atoms with E-state index in [1.165, 1.54) is 6.07 Å². The molecule has 0 saturated heterocycles. The molecule has 7 nitrogen and oxygen atoms in total. The number of hydrogen-bond donors (Lipinski definition) is 2. The van der Waals surface area contributed by atoms with Crippen LogP contribution in [0.2, 0.25) is 0 Å². The zero-order valence-electron chi connectivity index (χ0n) is 14.5. The lowest BCUT2D eigenvalue weighted by atomic mass is 10.2. The van der Waals surface area contributed by atoms with Crippen molar-refractivity contribution in [2.75, 3.05) is 18.8 Å². The first-order chi connectivity index (χ1) is 11.1. The molecule has 0 fully saturated rings. The highest BCUT2D eigenvalue weighted by Gasteiger charge is 2.15. The number of ether oxygens (including phenoxy) is 1. The molecule has 9 heteroatoms. The minimum atomic E-state index is -3.63. The van der Waals surface area contributed by atoms with Crippen molar-refractivity contribution >= 4 is 20.0 Å². The summed E-state index contributed by atoms with van der Waals surface area (Å²) in [7, 11) is -6.88. The first-order valence-corrected chi connectivity index (χ1v) is 10.9. The molecule has 0 radical (unpaired) electrons. The molecule has 1 aromatic carbocycles. The van der Waals surface area contributed by atoms with Gasteiger partial charge in [0.15, 0.2) is 0 Å². The van der Waals surface area contributed by atoms with Gasteiger partial charge in [-0.05, 0) is 57.9 Å². The molecule has 138 valence electrons. The lowest BCUT2D eigenvalue weighted by molar-refractivity contribution is 0.240. The summed E-state index contributed by atoms with van der Waals surface area (Å²) in [5.41, 5.74) is 0.738. The molecule has 1 rings (SSSR count). The van der Waals surface area contributed by atoms with Crippen molar-refractivity contribution in [2.24, 2.45) is 0 Å². The van der Waals surface area contributed by atoms with Crippen LogP contribution in [0, 0.1) is 6.92 Å². The minimum absolute atomic E-state index is 0.00278. The quantitative estimate of drug-likeness (QED) is 0.599. The van der Waals surface area contributed by atoms with Crippen LogP contribution in [0.3, 0.4) is 0 Å². The fraction of sp³-hybridized carbons (Fsp3) is 0.600. The second-order valence-electron chi connectivity index (χ2n) is 5.64. The molecule has 1 aromatic rings. The van der Waals surface area contributed by atoms with Crippen LogP contribution in [-0.2, 0) is 20.0 Å². The van der Waals surface area contributed by atoms with Crippen LogP contribution in [0.15, 0.2) is 23.1 Å². The normalized spacial score (nSPS) is 12.5. The summed E-state index contributed by atoms with van der Waals surface area (Å²) in [5.74, 6) is 0.654. The van der Waals surface area contributed by atoms with Gasteiger partial charge in [-0.15, -0.1) is 0 Å². The second kappa shape index (κ2) is 8.80. The van der Waals surface area contributed by atoms with Crippen molar-refractivity contribution in [3.05, 3.63) is 23.8 Å². The standard InChI is InChI=1S/C15H26N2O5S2/c1-5-23(18,19)16-9-6-10-17-24(20,21)14-7-8-15(13(4)11-14)22-12(2)3/h7-8,11-12,16-17H,5-6,9-10H2,1-4H3. The van der Waals surface area contributed by atoms with Crippen molar-refractivity contribution in [1.82, 2.24) is 9.44 Å². The summed E-state index contributed by atoms with van der Waals surface area (Å²) in [6.45, 7) is 7.48. The maximum absolute atomic E-state index is 12.2. The number of hydrogen-bond acceptors (Lipinski definition) is 5. The van der Waals surface area contributed by atoms with Gasteiger partial charge in [0.1, 0.15) is 5.75 Å². The van der Waals surface area contributed by atoms with Crippen molar-refractivity contribution in [2.45, 2.75) is 45.1 Å². The lowest BCUT2D eigenvalue weighted by Gasteiger charge is -2.14. The lowest BCUT2D eigenvalue weighted by Crippen LogP contribution is -2.30. The van der Waals surface area contributed by atoms with Crippen LogP contribution in [0.1, 0.15) is 32.8 Å². The smallest absolute Gasteiger partial charge is 0.240 e. The molecule has 0 amide bonds. The van der Waals surface area contributed by atoms with Gasteiger partial charge < -0.3 is 4.74 Å². The largest absolute Gasteiger partial charge is 0.491 e. The fourth-order valence-corrected chi connectivity index (χ4v) is 3.70. The molecule has 0 aliphatic rings. The molecule has 0 saturated carbocycles. The third-order valence-electron chi connectivity index (χ3n) is 3.17. The molecule has 0 aromatic heterocycles. The van der Waals surface area contributed by atoms with E-state index in [9.17, 15) is 16.8 Å². The van der Waals surface area contributed by atoms with Crippen LogP contribution in [-0.4, -0.2) is 41.8 Å². The Balaban J connectivity index is 2.61. The van der Waals surface area contributed by atoms with E-state index >= 15 is 0 Å². The van der Waals surface area contributed by atoms with Gasteiger partial charge in [0.25, 0.3) is 0 Å². The third-order valence-corrected chi connectivity index (χ3v) is 6.03. The SMILES string of the molecule is CCS(=O)(=O)NCCCNS(=O)(=O)c1ccc(OC(C)C)c(C)c1. The number of sulfonamides is 2. The molecule has 0 heterocycles. The highest BCUT2D eigenvalue weighted by molar-refractivity contribution is 7.89. The monoisotopic (exact) mass is 378 g/mol. The van der Waals surface area contributed by atoms with Crippen LogP contribution in [0.25, 0.3) is 0 Å². The number of rotatable bonds is 10. The first kappa shape index (κ1) is 20.9. The Hall–Kier alpha value is -1.16. The van der Waals surface area contributed by atoms with Gasteiger partial charge in [-0.2, -0.15) is 0 Å². The Bertz CT molecular complexity index is 743. The topological polar surface area (TPSA) is 102 Å². The van der Waals surface area contributed by atoms with Gasteiger partial charge in [-0.1, -0.05) is 0 Å². The Morgan fingerprint density at radius 1 is 1.08 bits per heavy atom. The molecular formula is C15H26N2O5S2. The summed E-state index contributed by atoms with van der Waals surface area (Å²) >= 11 is 0. The highest BCUT2D eigenvalue weighted by Crippen LogP contribution is 2.22. The third kappa shape index (κ3) is 6.76. The molecule has 0 unspecified atom stereocenters. The average Bonchev–Trinajstić information content (AvgIpc) is 2.48. The summed E-state index contributed by atoms with van der Waals surface area (Å²) < 4.78 is 57.5. The average molecular weight is 379 g/mol. The molecule has 0 aliphatic heterocycles. The van der Waals surface area contributed by atoms with E-state index in [0.717, 1.165) is 5.56 Å². The van der Waals surface area contributed by atoms with Crippen LogP contribution in [0.4, 0.5) is 0 Å². The van der Waals surface area contributed by atoms with Crippen LogP contribution >= 0.6 is 0 Å². The van der Waals surface area contributed by atoms with Crippen molar-refractivity contribution < 1.29 is 21.6 Å². The Morgan fingerprint density at radius 3 is 2.25 bits per heavy atom.